The molecule has 1 unspecified atom stereocenters. The van der Waals surface area contributed by atoms with Crippen molar-refractivity contribution in [1.82, 2.24) is 5.32 Å². The molecule has 7 heteroatoms. The summed E-state index contributed by atoms with van der Waals surface area (Å²) in [7, 11) is 1.35. The minimum absolute atomic E-state index is 0. The molecule has 6 nitrogen and oxygen atoms in total. The highest BCUT2D eigenvalue weighted by molar-refractivity contribution is 14.0. The summed E-state index contributed by atoms with van der Waals surface area (Å²) in [6.45, 7) is 0.959. The van der Waals surface area contributed by atoms with Crippen LogP contribution in [0.15, 0.2) is 29.3 Å². The summed E-state index contributed by atoms with van der Waals surface area (Å²) in [6, 6.07) is 7.94. The van der Waals surface area contributed by atoms with E-state index in [0.717, 1.165) is 17.7 Å². The van der Waals surface area contributed by atoms with E-state index in [0.29, 0.717) is 19.1 Å². The van der Waals surface area contributed by atoms with Crippen molar-refractivity contribution in [2.24, 2.45) is 10.7 Å². The predicted octanol–water partition coefficient (Wildman–Crippen LogP) is 1.60. The third-order valence-corrected chi connectivity index (χ3v) is 3.11. The van der Waals surface area contributed by atoms with E-state index in [1.807, 2.05) is 24.3 Å². The van der Waals surface area contributed by atoms with Gasteiger partial charge in [-0.15, -0.1) is 24.0 Å². The highest BCUT2D eigenvalue weighted by Crippen LogP contribution is 2.31. The fourth-order valence-corrected chi connectivity index (χ4v) is 2.09. The van der Waals surface area contributed by atoms with Gasteiger partial charge in [0.05, 0.1) is 32.7 Å². The average molecular weight is 405 g/mol. The van der Waals surface area contributed by atoms with Crippen LogP contribution in [0.25, 0.3) is 0 Å². The van der Waals surface area contributed by atoms with Crippen molar-refractivity contribution in [3.8, 4) is 5.75 Å². The molecule has 3 N–H and O–H groups in total. The first-order valence-electron chi connectivity index (χ1n) is 6.55. The van der Waals surface area contributed by atoms with Crippen LogP contribution in [-0.2, 0) is 9.53 Å². The lowest BCUT2D eigenvalue weighted by Crippen LogP contribution is -2.37. The lowest BCUT2D eigenvalue weighted by Gasteiger charge is -2.26. The zero-order valence-electron chi connectivity index (χ0n) is 11.9. The first-order valence-corrected chi connectivity index (χ1v) is 6.55. The lowest BCUT2D eigenvalue weighted by molar-refractivity contribution is -0.140. The number of nitrogens with zero attached hydrogens (tertiary/aromatic N) is 1. The van der Waals surface area contributed by atoms with E-state index in [1.165, 1.54) is 7.11 Å². The summed E-state index contributed by atoms with van der Waals surface area (Å²) in [4.78, 5) is 15.1. The predicted molar refractivity (Wildman–Crippen MR) is 91.0 cm³/mol. The number of carbonyl (C=O) groups excluding carboxylic acids is 1. The fraction of sp³-hybridized carbons (Fsp3) is 0.429. The van der Waals surface area contributed by atoms with Gasteiger partial charge in [-0.2, -0.15) is 0 Å². The fourth-order valence-electron chi connectivity index (χ4n) is 2.09. The van der Waals surface area contributed by atoms with Crippen molar-refractivity contribution in [2.45, 2.75) is 18.9 Å². The first kappa shape index (κ1) is 17.5. The van der Waals surface area contributed by atoms with Crippen LogP contribution >= 0.6 is 24.0 Å². The van der Waals surface area contributed by atoms with Gasteiger partial charge in [-0.05, 0) is 6.07 Å². The topological polar surface area (TPSA) is 85.9 Å². The van der Waals surface area contributed by atoms with Gasteiger partial charge < -0.3 is 20.5 Å². The Morgan fingerprint density at radius 1 is 1.52 bits per heavy atom. The number of para-hydroxylation sites is 1. The van der Waals surface area contributed by atoms with E-state index in [9.17, 15) is 4.79 Å². The molecule has 0 spiro atoms. The third kappa shape index (κ3) is 5.07. The summed E-state index contributed by atoms with van der Waals surface area (Å²) < 4.78 is 10.1. The van der Waals surface area contributed by atoms with Crippen LogP contribution < -0.4 is 15.8 Å². The first-order chi connectivity index (χ1) is 9.70. The quantitative estimate of drug-likeness (QED) is 0.344. The van der Waals surface area contributed by atoms with E-state index in [1.54, 1.807) is 0 Å². The summed E-state index contributed by atoms with van der Waals surface area (Å²) in [5, 5.41) is 3.16. The smallest absolute Gasteiger partial charge is 0.307 e. The SMILES string of the molecule is COC(=O)CCN=C(N)NC1CCOc2ccccc21.I. The Balaban J connectivity index is 0.00000220. The maximum absolute atomic E-state index is 11.0. The molecule has 116 valence electrons. The van der Waals surface area contributed by atoms with Crippen LogP contribution in [-0.4, -0.2) is 32.2 Å². The van der Waals surface area contributed by atoms with Crippen LogP contribution in [0.4, 0.5) is 0 Å². The molecule has 1 heterocycles. The van der Waals surface area contributed by atoms with Crippen molar-refractivity contribution in [3.63, 3.8) is 0 Å². The molecule has 0 aromatic heterocycles. The van der Waals surface area contributed by atoms with Gasteiger partial charge >= 0.3 is 5.97 Å². The number of rotatable bonds is 4. The number of nitrogens with two attached hydrogens (primary N) is 1. The molecule has 1 aliphatic heterocycles. The Kier molecular flexibility index (Phi) is 7.27. The standard InChI is InChI=1S/C14H19N3O3.HI/c1-19-13(18)6-8-16-14(15)17-11-7-9-20-12-5-3-2-4-10(11)12;/h2-5,11H,6-9H2,1H3,(H3,15,16,17);1H. The second kappa shape index (κ2) is 8.71. The van der Waals surface area contributed by atoms with E-state index in [2.05, 4.69) is 15.0 Å². The highest BCUT2D eigenvalue weighted by atomic mass is 127. The molecule has 0 amide bonds. The molecular formula is C14H20IN3O3. The second-order valence-electron chi connectivity index (χ2n) is 4.46. The minimum Gasteiger partial charge on any atom is -0.493 e. The monoisotopic (exact) mass is 405 g/mol. The minimum atomic E-state index is -0.294. The number of nitrogens with one attached hydrogen (secondary N) is 1. The largest absolute Gasteiger partial charge is 0.493 e. The van der Waals surface area contributed by atoms with Gasteiger partial charge in [0.15, 0.2) is 5.96 Å². The number of carbonyl (C=O) groups is 1. The summed E-state index contributed by atoms with van der Waals surface area (Å²) in [5.41, 5.74) is 6.91. The van der Waals surface area contributed by atoms with Gasteiger partial charge in [-0.3, -0.25) is 9.79 Å². The number of guanidine groups is 1. The maximum atomic E-state index is 11.0. The van der Waals surface area contributed by atoms with Crippen LogP contribution in [0.5, 0.6) is 5.75 Å². The highest BCUT2D eigenvalue weighted by Gasteiger charge is 2.21. The van der Waals surface area contributed by atoms with Crippen LogP contribution in [0.3, 0.4) is 0 Å². The van der Waals surface area contributed by atoms with Gasteiger partial charge in [0.1, 0.15) is 5.75 Å². The summed E-state index contributed by atoms with van der Waals surface area (Å²) >= 11 is 0. The van der Waals surface area contributed by atoms with Crippen LogP contribution in [0.1, 0.15) is 24.4 Å². The molecule has 1 aromatic rings. The molecule has 2 rings (SSSR count). The number of aliphatic imine (C=N–C) groups is 1. The molecule has 0 fully saturated rings. The van der Waals surface area contributed by atoms with Gasteiger partial charge in [0.2, 0.25) is 0 Å². The molecule has 0 radical (unpaired) electrons. The second-order valence-corrected chi connectivity index (χ2v) is 4.46. The molecule has 0 saturated carbocycles. The Labute approximate surface area is 141 Å². The zero-order chi connectivity index (χ0) is 14.4. The van der Waals surface area contributed by atoms with E-state index >= 15 is 0 Å². The molecule has 1 atom stereocenters. The Morgan fingerprint density at radius 2 is 2.29 bits per heavy atom. The van der Waals surface area contributed by atoms with Crippen molar-refractivity contribution >= 4 is 35.9 Å². The van der Waals surface area contributed by atoms with E-state index in [-0.39, 0.29) is 42.4 Å². The number of fused-ring (bicyclic) bond motifs is 1. The van der Waals surface area contributed by atoms with Crippen LogP contribution in [0, 0.1) is 0 Å². The van der Waals surface area contributed by atoms with E-state index in [4.69, 9.17) is 10.5 Å². The normalized spacial score (nSPS) is 17.0. The summed E-state index contributed by atoms with van der Waals surface area (Å²) in [6.07, 6.45) is 1.05. The number of esters is 1. The number of ether oxygens (including phenoxy) is 2. The van der Waals surface area contributed by atoms with Crippen LogP contribution in [0.2, 0.25) is 0 Å². The molecule has 0 aliphatic carbocycles. The Morgan fingerprint density at radius 3 is 3.05 bits per heavy atom. The Bertz CT molecular complexity index is 508. The third-order valence-electron chi connectivity index (χ3n) is 3.11. The number of hydrogen-bond donors (Lipinski definition) is 2. The molecule has 1 aliphatic rings. The molecule has 0 saturated heterocycles. The van der Waals surface area contributed by atoms with E-state index < -0.39 is 0 Å². The van der Waals surface area contributed by atoms with Crippen molar-refractivity contribution < 1.29 is 14.3 Å². The molecular weight excluding hydrogens is 385 g/mol. The molecule has 21 heavy (non-hydrogen) atoms. The lowest BCUT2D eigenvalue weighted by atomic mass is 10.0. The van der Waals surface area contributed by atoms with Gasteiger partial charge in [-0.25, -0.2) is 0 Å². The van der Waals surface area contributed by atoms with Crippen molar-refractivity contribution in [2.75, 3.05) is 20.3 Å². The average Bonchev–Trinajstić information content (AvgIpc) is 2.47. The van der Waals surface area contributed by atoms with Crippen molar-refractivity contribution in [1.29, 1.82) is 0 Å². The summed E-state index contributed by atoms with van der Waals surface area (Å²) in [5.74, 6) is 0.909. The number of hydrogen-bond acceptors (Lipinski definition) is 4. The number of methoxy groups -OCH3 is 1. The Hall–Kier alpha value is -1.51. The maximum Gasteiger partial charge on any atom is 0.307 e. The van der Waals surface area contributed by atoms with Gasteiger partial charge in [0.25, 0.3) is 0 Å². The zero-order valence-corrected chi connectivity index (χ0v) is 14.2. The molecule has 1 aromatic carbocycles. The van der Waals surface area contributed by atoms with Crippen molar-refractivity contribution in [3.05, 3.63) is 29.8 Å². The van der Waals surface area contributed by atoms with Gasteiger partial charge in [-0.1, -0.05) is 18.2 Å². The number of halogens is 1. The molecule has 0 bridgehead atoms. The number of benzene rings is 1. The van der Waals surface area contributed by atoms with Gasteiger partial charge in [0, 0.05) is 12.0 Å².